The highest BCUT2D eigenvalue weighted by Crippen LogP contribution is 2.11. The zero-order valence-corrected chi connectivity index (χ0v) is 20.8. The summed E-state index contributed by atoms with van der Waals surface area (Å²) in [4.78, 5) is 60.4. The average molecular weight is 530 g/mol. The number of carbonyl (C=O) groups is 5. The van der Waals surface area contributed by atoms with Crippen LogP contribution in [0.1, 0.15) is 18.4 Å². The lowest BCUT2D eigenvalue weighted by Gasteiger charge is -2.24. The lowest BCUT2D eigenvalue weighted by Crippen LogP contribution is -2.58. The second-order valence-corrected chi connectivity index (χ2v) is 8.98. The number of aromatic hydroxyl groups is 1. The standard InChI is InChI=1S/C21H31N5O7S2/c1-35-7-6-14(19(30)25-15(21(32)33)9-17(23)28)24-20(31)16(10-34)26-18(29)13(22)8-11-2-4-12(27)5-3-11/h2-5,13-16,27,34H,6-10,22H2,1H3,(H2,23,28)(H,24,31)(H,25,30)(H,26,29)(H,32,33). The monoisotopic (exact) mass is 529 g/mol. The Morgan fingerprint density at radius 1 is 0.971 bits per heavy atom. The van der Waals surface area contributed by atoms with E-state index in [1.165, 1.54) is 23.9 Å². The number of hydrogen-bond acceptors (Lipinski definition) is 9. The molecule has 4 atom stereocenters. The number of thioether (sulfide) groups is 1. The molecule has 0 saturated carbocycles. The van der Waals surface area contributed by atoms with Crippen molar-refractivity contribution in [2.75, 3.05) is 17.8 Å². The van der Waals surface area contributed by atoms with Crippen molar-refractivity contribution in [1.82, 2.24) is 16.0 Å². The van der Waals surface area contributed by atoms with E-state index >= 15 is 0 Å². The van der Waals surface area contributed by atoms with Gasteiger partial charge in [0.2, 0.25) is 23.6 Å². The minimum Gasteiger partial charge on any atom is -0.508 e. The van der Waals surface area contributed by atoms with Crippen LogP contribution >= 0.6 is 24.4 Å². The second kappa shape index (κ2) is 15.1. The quantitative estimate of drug-likeness (QED) is 0.122. The number of nitrogens with one attached hydrogen (secondary N) is 3. The molecule has 0 radical (unpaired) electrons. The molecule has 194 valence electrons. The van der Waals surface area contributed by atoms with Gasteiger partial charge in [0, 0.05) is 5.75 Å². The summed E-state index contributed by atoms with van der Waals surface area (Å²) in [5.74, 6) is -4.07. The van der Waals surface area contributed by atoms with Gasteiger partial charge < -0.3 is 37.6 Å². The summed E-state index contributed by atoms with van der Waals surface area (Å²) in [7, 11) is 0. The van der Waals surface area contributed by atoms with Gasteiger partial charge in [-0.05, 0) is 42.5 Å². The molecule has 1 aromatic carbocycles. The fraction of sp³-hybridized carbons (Fsp3) is 0.476. The fourth-order valence-corrected chi connectivity index (χ4v) is 3.63. The van der Waals surface area contributed by atoms with Crippen LogP contribution in [0, 0.1) is 0 Å². The van der Waals surface area contributed by atoms with Gasteiger partial charge in [0.15, 0.2) is 0 Å². The van der Waals surface area contributed by atoms with Gasteiger partial charge in [0.25, 0.3) is 0 Å². The van der Waals surface area contributed by atoms with Crippen molar-refractivity contribution < 1.29 is 34.2 Å². The van der Waals surface area contributed by atoms with E-state index in [9.17, 15) is 34.2 Å². The van der Waals surface area contributed by atoms with E-state index in [1.807, 2.05) is 0 Å². The number of primary amides is 1. The number of hydrogen-bond donors (Lipinski definition) is 8. The molecule has 0 aliphatic carbocycles. The summed E-state index contributed by atoms with van der Waals surface area (Å²) in [5, 5.41) is 25.7. The number of amides is 4. The molecule has 35 heavy (non-hydrogen) atoms. The molecule has 4 unspecified atom stereocenters. The van der Waals surface area contributed by atoms with Crippen molar-refractivity contribution in [3.8, 4) is 5.75 Å². The van der Waals surface area contributed by atoms with Gasteiger partial charge in [-0.3, -0.25) is 19.2 Å². The topological polar surface area (TPSA) is 214 Å². The Morgan fingerprint density at radius 3 is 2.03 bits per heavy atom. The van der Waals surface area contributed by atoms with Gasteiger partial charge in [-0.15, -0.1) is 0 Å². The first-order valence-corrected chi connectivity index (χ1v) is 12.6. The molecule has 4 amide bonds. The molecule has 0 aliphatic heterocycles. The molecule has 0 spiro atoms. The summed E-state index contributed by atoms with van der Waals surface area (Å²) in [6.07, 6.45) is 1.49. The normalized spacial score (nSPS) is 14.1. The zero-order valence-electron chi connectivity index (χ0n) is 19.1. The van der Waals surface area contributed by atoms with Crippen LogP contribution in [-0.4, -0.2) is 81.7 Å². The lowest BCUT2D eigenvalue weighted by atomic mass is 10.1. The van der Waals surface area contributed by atoms with Crippen molar-refractivity contribution in [2.45, 2.75) is 43.4 Å². The Kier molecular flexibility index (Phi) is 13.0. The van der Waals surface area contributed by atoms with Crippen LogP contribution in [0.5, 0.6) is 5.75 Å². The SMILES string of the molecule is CSCCC(NC(=O)C(CS)NC(=O)C(N)Cc1ccc(O)cc1)C(=O)NC(CC(N)=O)C(=O)O. The largest absolute Gasteiger partial charge is 0.508 e. The lowest BCUT2D eigenvalue weighted by molar-refractivity contribution is -0.143. The first kappa shape index (κ1) is 30.1. The number of carbonyl (C=O) groups excluding carboxylic acids is 4. The minimum atomic E-state index is -1.55. The number of carboxylic acids is 1. The molecule has 0 heterocycles. The summed E-state index contributed by atoms with van der Waals surface area (Å²) < 4.78 is 0. The summed E-state index contributed by atoms with van der Waals surface area (Å²) in [6.45, 7) is 0. The van der Waals surface area contributed by atoms with Crippen LogP contribution < -0.4 is 27.4 Å². The van der Waals surface area contributed by atoms with Crippen LogP contribution in [0.15, 0.2) is 24.3 Å². The van der Waals surface area contributed by atoms with E-state index in [0.29, 0.717) is 11.3 Å². The third-order valence-corrected chi connectivity index (χ3v) is 5.82. The Hall–Kier alpha value is -2.97. The smallest absolute Gasteiger partial charge is 0.326 e. The first-order chi connectivity index (χ1) is 16.5. The van der Waals surface area contributed by atoms with Crippen molar-refractivity contribution >= 4 is 54.0 Å². The maximum absolute atomic E-state index is 12.8. The molecule has 0 fully saturated rings. The third kappa shape index (κ3) is 10.9. The molecule has 1 rings (SSSR count). The highest BCUT2D eigenvalue weighted by Gasteiger charge is 2.30. The number of phenols is 1. The number of phenolic OH excluding ortho intramolecular Hbond substituents is 1. The Bertz CT molecular complexity index is 901. The Labute approximate surface area is 212 Å². The van der Waals surface area contributed by atoms with Gasteiger partial charge in [-0.25, -0.2) is 4.79 Å². The summed E-state index contributed by atoms with van der Waals surface area (Å²) in [5.41, 5.74) is 11.7. The molecule has 9 N–H and O–H groups in total. The molecular formula is C21H31N5O7S2. The highest BCUT2D eigenvalue weighted by molar-refractivity contribution is 7.98. The molecular weight excluding hydrogens is 498 g/mol. The zero-order chi connectivity index (χ0) is 26.5. The van der Waals surface area contributed by atoms with Gasteiger partial charge in [-0.2, -0.15) is 24.4 Å². The number of carboxylic acid groups (broad SMARTS) is 1. The first-order valence-electron chi connectivity index (χ1n) is 10.5. The van der Waals surface area contributed by atoms with Crippen molar-refractivity contribution in [2.24, 2.45) is 11.5 Å². The fourth-order valence-electron chi connectivity index (χ4n) is 2.90. The van der Waals surface area contributed by atoms with Gasteiger partial charge in [0.05, 0.1) is 12.5 Å². The van der Waals surface area contributed by atoms with Crippen LogP contribution in [0.2, 0.25) is 0 Å². The second-order valence-electron chi connectivity index (χ2n) is 7.63. The predicted molar refractivity (Wildman–Crippen MR) is 134 cm³/mol. The number of aliphatic carboxylic acids is 1. The molecule has 12 nitrogen and oxygen atoms in total. The van der Waals surface area contributed by atoms with E-state index in [1.54, 1.807) is 18.4 Å². The van der Waals surface area contributed by atoms with Gasteiger partial charge >= 0.3 is 5.97 Å². The third-order valence-electron chi connectivity index (χ3n) is 4.81. The van der Waals surface area contributed by atoms with Gasteiger partial charge in [0.1, 0.15) is 23.9 Å². The predicted octanol–water partition coefficient (Wildman–Crippen LogP) is -1.64. The van der Waals surface area contributed by atoms with E-state index in [0.717, 1.165) is 0 Å². The number of thiol groups is 1. The van der Waals surface area contributed by atoms with Crippen molar-refractivity contribution in [1.29, 1.82) is 0 Å². The minimum absolute atomic E-state index is 0.0722. The van der Waals surface area contributed by atoms with Crippen LogP contribution in [0.4, 0.5) is 0 Å². The Morgan fingerprint density at radius 2 is 1.51 bits per heavy atom. The maximum Gasteiger partial charge on any atom is 0.326 e. The van der Waals surface area contributed by atoms with Crippen LogP contribution in [0.25, 0.3) is 0 Å². The molecule has 0 aromatic heterocycles. The number of benzene rings is 1. The van der Waals surface area contributed by atoms with Crippen LogP contribution in [0.3, 0.4) is 0 Å². The molecule has 1 aromatic rings. The molecule has 14 heteroatoms. The summed E-state index contributed by atoms with van der Waals surface area (Å²) in [6, 6.07) is 1.36. The Balaban J connectivity index is 2.82. The van der Waals surface area contributed by atoms with E-state index < -0.39 is 60.2 Å². The molecule has 0 bridgehead atoms. The van der Waals surface area contributed by atoms with Gasteiger partial charge in [-0.1, -0.05) is 12.1 Å². The van der Waals surface area contributed by atoms with E-state index in [2.05, 4.69) is 28.6 Å². The van der Waals surface area contributed by atoms with E-state index in [4.69, 9.17) is 11.5 Å². The number of nitrogens with two attached hydrogens (primary N) is 2. The van der Waals surface area contributed by atoms with E-state index in [-0.39, 0.29) is 24.3 Å². The average Bonchev–Trinajstić information content (AvgIpc) is 2.80. The summed E-state index contributed by atoms with van der Waals surface area (Å²) >= 11 is 5.50. The maximum atomic E-state index is 12.8. The highest BCUT2D eigenvalue weighted by atomic mass is 32.2. The van der Waals surface area contributed by atoms with Crippen LogP contribution in [-0.2, 0) is 30.4 Å². The molecule has 0 aliphatic rings. The van der Waals surface area contributed by atoms with Crippen molar-refractivity contribution in [3.63, 3.8) is 0 Å². The molecule has 0 saturated heterocycles. The van der Waals surface area contributed by atoms with Crippen molar-refractivity contribution in [3.05, 3.63) is 29.8 Å². The number of rotatable bonds is 15.